The topological polar surface area (TPSA) is 186 Å². The molecule has 15 nitrogen and oxygen atoms in total. The molecule has 0 aromatic heterocycles. The van der Waals surface area contributed by atoms with Gasteiger partial charge in [-0.05, 0) is 74.9 Å². The van der Waals surface area contributed by atoms with Gasteiger partial charge in [0.25, 0.3) is 5.91 Å². The van der Waals surface area contributed by atoms with E-state index in [2.05, 4.69) is 26.9 Å². The number of amides is 6. The van der Waals surface area contributed by atoms with Crippen LogP contribution in [0.1, 0.15) is 69.7 Å². The molecular formula is C45H54N6O9. The summed E-state index contributed by atoms with van der Waals surface area (Å²) in [5.74, 6) is -1.85. The van der Waals surface area contributed by atoms with Gasteiger partial charge in [-0.1, -0.05) is 109 Å². The third kappa shape index (κ3) is 13.6. The zero-order chi connectivity index (χ0) is 43.3. The van der Waals surface area contributed by atoms with Crippen molar-refractivity contribution in [2.24, 2.45) is 0 Å². The molecule has 0 unspecified atom stereocenters. The summed E-state index contributed by atoms with van der Waals surface area (Å²) in [4.78, 5) is 67.3. The second kappa shape index (κ2) is 20.5. The van der Waals surface area contributed by atoms with E-state index in [0.717, 1.165) is 32.8 Å². The van der Waals surface area contributed by atoms with Crippen LogP contribution in [0.4, 0.5) is 14.4 Å². The highest BCUT2D eigenvalue weighted by Gasteiger charge is 2.33. The Kier molecular flexibility index (Phi) is 15.2. The summed E-state index contributed by atoms with van der Waals surface area (Å²) < 4.78 is 22.7. The molecule has 60 heavy (non-hydrogen) atoms. The van der Waals surface area contributed by atoms with Crippen molar-refractivity contribution in [3.8, 4) is 11.1 Å². The van der Waals surface area contributed by atoms with Gasteiger partial charge in [-0.2, -0.15) is 0 Å². The fourth-order valence-electron chi connectivity index (χ4n) is 6.16. The number of urea groups is 1. The summed E-state index contributed by atoms with van der Waals surface area (Å²) >= 11 is 0. The second-order valence-corrected chi connectivity index (χ2v) is 16.1. The Morgan fingerprint density at radius 2 is 1.08 bits per heavy atom. The minimum absolute atomic E-state index is 0.00477. The number of hydrazine groups is 2. The van der Waals surface area contributed by atoms with Crippen molar-refractivity contribution in [2.45, 2.75) is 83.9 Å². The van der Waals surface area contributed by atoms with Crippen LogP contribution in [-0.4, -0.2) is 78.1 Å². The van der Waals surface area contributed by atoms with Crippen molar-refractivity contribution in [2.75, 3.05) is 19.8 Å². The van der Waals surface area contributed by atoms with Gasteiger partial charge in [-0.25, -0.2) is 30.2 Å². The molecule has 1 aliphatic rings. The molecule has 0 heterocycles. The largest absolute Gasteiger partial charge is 0.447 e. The molecule has 0 fully saturated rings. The number of nitrogens with one attached hydrogen (secondary N) is 5. The van der Waals surface area contributed by atoms with Gasteiger partial charge in [0.05, 0.1) is 31.0 Å². The van der Waals surface area contributed by atoms with E-state index in [1.807, 2.05) is 60.7 Å². The molecule has 0 saturated carbocycles. The van der Waals surface area contributed by atoms with E-state index < -0.39 is 53.3 Å². The Hall–Kier alpha value is -6.45. The average molecular weight is 823 g/mol. The van der Waals surface area contributed by atoms with E-state index in [1.165, 1.54) is 0 Å². The SMILES string of the molecule is CC(C)(C)OC[C@H](NC(=O)[C@H](COC(C)(C)C)NC(=O)N(Cc1ccccc1)NC(=O)OCC1c2ccccc2-c2ccccc21)C(=O)NNC(=O)OCc1ccccc1. The van der Waals surface area contributed by atoms with Gasteiger partial charge >= 0.3 is 18.2 Å². The number of carbonyl (C=O) groups excluding carboxylic acids is 5. The molecule has 5 rings (SSSR count). The predicted molar refractivity (Wildman–Crippen MR) is 224 cm³/mol. The van der Waals surface area contributed by atoms with Crippen LogP contribution in [0.2, 0.25) is 0 Å². The first kappa shape index (κ1) is 44.6. The van der Waals surface area contributed by atoms with Crippen LogP contribution in [0, 0.1) is 0 Å². The summed E-state index contributed by atoms with van der Waals surface area (Å²) in [7, 11) is 0. The van der Waals surface area contributed by atoms with Gasteiger partial charge in [0.2, 0.25) is 5.91 Å². The molecular weight excluding hydrogens is 769 g/mol. The van der Waals surface area contributed by atoms with Crippen LogP contribution in [0.25, 0.3) is 11.1 Å². The Labute approximate surface area is 350 Å². The third-order valence-corrected chi connectivity index (χ3v) is 9.11. The van der Waals surface area contributed by atoms with Crippen molar-refractivity contribution in [1.29, 1.82) is 0 Å². The number of ether oxygens (including phenoxy) is 4. The third-order valence-electron chi connectivity index (χ3n) is 9.11. The zero-order valence-corrected chi connectivity index (χ0v) is 34.8. The van der Waals surface area contributed by atoms with Gasteiger partial charge in [0.15, 0.2) is 0 Å². The molecule has 5 N–H and O–H groups in total. The summed E-state index contributed by atoms with van der Waals surface area (Å²) in [5, 5.41) is 6.27. The van der Waals surface area contributed by atoms with E-state index in [0.29, 0.717) is 5.56 Å². The minimum Gasteiger partial charge on any atom is -0.447 e. The smallest absolute Gasteiger partial charge is 0.426 e. The van der Waals surface area contributed by atoms with Gasteiger partial charge in [0.1, 0.15) is 25.3 Å². The van der Waals surface area contributed by atoms with Crippen LogP contribution in [0.3, 0.4) is 0 Å². The van der Waals surface area contributed by atoms with Crippen LogP contribution in [0.5, 0.6) is 0 Å². The molecule has 2 atom stereocenters. The Morgan fingerprint density at radius 1 is 0.583 bits per heavy atom. The molecule has 0 saturated heterocycles. The molecule has 0 aliphatic heterocycles. The lowest BCUT2D eigenvalue weighted by Gasteiger charge is -2.30. The number of hydrogen-bond acceptors (Lipinski definition) is 9. The highest BCUT2D eigenvalue weighted by Crippen LogP contribution is 2.44. The first-order valence-corrected chi connectivity index (χ1v) is 19.6. The van der Waals surface area contributed by atoms with Crippen molar-refractivity contribution in [1.82, 2.24) is 31.9 Å². The summed E-state index contributed by atoms with van der Waals surface area (Å²) in [6.45, 7) is 9.90. The van der Waals surface area contributed by atoms with E-state index in [9.17, 15) is 24.0 Å². The Bertz CT molecular complexity index is 2040. The maximum Gasteiger partial charge on any atom is 0.426 e. The maximum absolute atomic E-state index is 14.1. The molecule has 15 heteroatoms. The Balaban J connectivity index is 1.28. The van der Waals surface area contributed by atoms with Gasteiger partial charge in [-0.15, -0.1) is 0 Å². The van der Waals surface area contributed by atoms with E-state index in [1.54, 1.807) is 90.1 Å². The quantitative estimate of drug-likeness (QED) is 0.0939. The average Bonchev–Trinajstić information content (AvgIpc) is 3.54. The van der Waals surface area contributed by atoms with Crippen LogP contribution >= 0.6 is 0 Å². The van der Waals surface area contributed by atoms with E-state index in [-0.39, 0.29) is 38.9 Å². The van der Waals surface area contributed by atoms with Gasteiger partial charge < -0.3 is 29.6 Å². The summed E-state index contributed by atoms with van der Waals surface area (Å²) in [6.07, 6.45) is -1.82. The van der Waals surface area contributed by atoms with Gasteiger partial charge in [-0.3, -0.25) is 15.0 Å². The van der Waals surface area contributed by atoms with Crippen molar-refractivity contribution in [3.63, 3.8) is 0 Å². The molecule has 0 bridgehead atoms. The van der Waals surface area contributed by atoms with Crippen molar-refractivity contribution in [3.05, 3.63) is 131 Å². The predicted octanol–water partition coefficient (Wildman–Crippen LogP) is 6.09. The highest BCUT2D eigenvalue weighted by molar-refractivity contribution is 5.92. The molecule has 4 aromatic rings. The van der Waals surface area contributed by atoms with Crippen molar-refractivity contribution < 1.29 is 42.9 Å². The number of carbonyl (C=O) groups is 5. The number of hydrogen-bond donors (Lipinski definition) is 5. The lowest BCUT2D eigenvalue weighted by Crippen LogP contribution is -2.61. The number of nitrogens with zero attached hydrogens (tertiary/aromatic N) is 1. The monoisotopic (exact) mass is 822 g/mol. The molecule has 318 valence electrons. The lowest BCUT2D eigenvalue weighted by atomic mass is 9.98. The standard InChI is InChI=1S/C45H54N6O9/c1-44(2,3)59-28-37(39(52)46-38(29-60-45(4,5)6)40(53)48-49-42(55)57-26-31-19-11-8-12-20-31)47-41(54)51(25-30-17-9-7-10-18-30)50-43(56)58-27-36-34-23-15-13-21-32(34)33-22-14-16-24-35(33)36/h7-24,36-38H,25-29H2,1-6H3,(H,46,52)(H,47,54)(H,48,53)(H,49,55)(H,50,56)/t37-,38-/m0/s1. The summed E-state index contributed by atoms with van der Waals surface area (Å²) in [5.41, 5.74) is 11.1. The Morgan fingerprint density at radius 3 is 1.63 bits per heavy atom. The maximum atomic E-state index is 14.1. The zero-order valence-electron chi connectivity index (χ0n) is 34.8. The first-order valence-electron chi connectivity index (χ1n) is 19.6. The van der Waals surface area contributed by atoms with Crippen LogP contribution in [0.15, 0.2) is 109 Å². The van der Waals surface area contributed by atoms with Crippen LogP contribution < -0.4 is 26.9 Å². The fourth-order valence-corrected chi connectivity index (χ4v) is 6.16. The van der Waals surface area contributed by atoms with Crippen LogP contribution in [-0.2, 0) is 41.7 Å². The van der Waals surface area contributed by atoms with E-state index >= 15 is 0 Å². The first-order chi connectivity index (χ1) is 28.6. The molecule has 1 aliphatic carbocycles. The fraction of sp³-hybridized carbons (Fsp3) is 0.356. The second-order valence-electron chi connectivity index (χ2n) is 16.1. The minimum atomic E-state index is -1.38. The highest BCUT2D eigenvalue weighted by atomic mass is 16.6. The normalized spacial score (nSPS) is 13.1. The lowest BCUT2D eigenvalue weighted by molar-refractivity contribution is -0.135. The number of rotatable bonds is 14. The number of fused-ring (bicyclic) bond motifs is 3. The van der Waals surface area contributed by atoms with Gasteiger partial charge in [0, 0.05) is 5.92 Å². The van der Waals surface area contributed by atoms with Crippen molar-refractivity contribution >= 4 is 30.0 Å². The molecule has 0 radical (unpaired) electrons. The van der Waals surface area contributed by atoms with E-state index in [4.69, 9.17) is 18.9 Å². The summed E-state index contributed by atoms with van der Waals surface area (Å²) in [6, 6.07) is 30.2. The molecule has 6 amide bonds. The number of benzene rings is 4. The molecule has 0 spiro atoms. The molecule has 4 aromatic carbocycles.